The van der Waals surface area contributed by atoms with Crippen molar-refractivity contribution in [3.05, 3.63) is 29.3 Å². The number of rotatable bonds is 6. The van der Waals surface area contributed by atoms with Gasteiger partial charge in [-0.25, -0.2) is 0 Å². The van der Waals surface area contributed by atoms with Crippen LogP contribution >= 0.6 is 0 Å². The summed E-state index contributed by atoms with van der Waals surface area (Å²) >= 11 is 0. The largest absolute Gasteiger partial charge is 0.496 e. The van der Waals surface area contributed by atoms with E-state index >= 15 is 0 Å². The smallest absolute Gasteiger partial charge is 0.319 e. The first kappa shape index (κ1) is 14.5. The molecule has 1 atom stereocenters. The van der Waals surface area contributed by atoms with Crippen molar-refractivity contribution in [1.82, 2.24) is 5.32 Å². The van der Waals surface area contributed by atoms with Gasteiger partial charge >= 0.3 is 5.97 Å². The Kier molecular flexibility index (Phi) is 5.65. The summed E-state index contributed by atoms with van der Waals surface area (Å²) < 4.78 is 10.2. The predicted molar refractivity (Wildman–Crippen MR) is 70.8 cm³/mol. The van der Waals surface area contributed by atoms with E-state index in [4.69, 9.17) is 9.47 Å². The second-order valence-corrected chi connectivity index (χ2v) is 4.15. The molecule has 0 saturated carbocycles. The molecule has 0 fully saturated rings. The molecule has 0 heterocycles. The molecule has 4 heteroatoms. The normalized spacial score (nSPS) is 12.0. The Bertz CT molecular complexity index is 404. The fourth-order valence-corrected chi connectivity index (χ4v) is 1.73. The Morgan fingerprint density at radius 3 is 2.78 bits per heavy atom. The van der Waals surface area contributed by atoms with Crippen molar-refractivity contribution in [2.45, 2.75) is 26.8 Å². The second kappa shape index (κ2) is 7.01. The molecule has 1 rings (SSSR count). The zero-order valence-electron chi connectivity index (χ0n) is 11.4. The van der Waals surface area contributed by atoms with E-state index in [0.717, 1.165) is 16.9 Å². The van der Waals surface area contributed by atoms with Crippen LogP contribution in [0.15, 0.2) is 18.2 Å². The van der Waals surface area contributed by atoms with E-state index in [2.05, 4.69) is 5.32 Å². The quantitative estimate of drug-likeness (QED) is 0.787. The molecule has 0 radical (unpaired) electrons. The number of nitrogens with one attached hydrogen (secondary N) is 1. The van der Waals surface area contributed by atoms with E-state index in [9.17, 15) is 4.79 Å². The van der Waals surface area contributed by atoms with Gasteiger partial charge in [0.2, 0.25) is 0 Å². The minimum absolute atomic E-state index is 0.0324. The summed E-state index contributed by atoms with van der Waals surface area (Å²) in [7, 11) is 1.65. The van der Waals surface area contributed by atoms with E-state index in [-0.39, 0.29) is 18.6 Å². The maximum absolute atomic E-state index is 11.3. The maximum Gasteiger partial charge on any atom is 0.319 e. The van der Waals surface area contributed by atoms with E-state index in [1.165, 1.54) is 0 Å². The van der Waals surface area contributed by atoms with E-state index in [1.54, 1.807) is 14.0 Å². The van der Waals surface area contributed by atoms with Crippen LogP contribution in [0.3, 0.4) is 0 Å². The minimum Gasteiger partial charge on any atom is -0.496 e. The third-order valence-corrected chi connectivity index (χ3v) is 2.71. The predicted octanol–water partition coefficient (Wildman–Crippen LogP) is 2.22. The fraction of sp³-hybridized carbons (Fsp3) is 0.500. The maximum atomic E-state index is 11.3. The number of carbonyl (C=O) groups is 1. The lowest BCUT2D eigenvalue weighted by Gasteiger charge is -2.17. The van der Waals surface area contributed by atoms with Crippen LogP contribution in [0.25, 0.3) is 0 Å². The van der Waals surface area contributed by atoms with E-state index in [1.807, 2.05) is 32.0 Å². The molecule has 18 heavy (non-hydrogen) atoms. The minimum atomic E-state index is -0.240. The van der Waals surface area contributed by atoms with Crippen molar-refractivity contribution in [2.24, 2.45) is 0 Å². The molecule has 0 saturated heterocycles. The van der Waals surface area contributed by atoms with Crippen LogP contribution in [0, 0.1) is 6.92 Å². The SMILES string of the molecule is CCOC(=O)CNC(C)c1ccc(C)cc1OC. The van der Waals surface area contributed by atoms with Crippen LogP contribution in [0.5, 0.6) is 5.75 Å². The molecule has 1 unspecified atom stereocenters. The second-order valence-electron chi connectivity index (χ2n) is 4.15. The molecule has 0 aromatic heterocycles. The van der Waals surface area contributed by atoms with Crippen LogP contribution in [0.1, 0.15) is 31.0 Å². The molecular formula is C14H21NO3. The van der Waals surface area contributed by atoms with Gasteiger partial charge in [0.05, 0.1) is 20.3 Å². The molecule has 1 aromatic carbocycles. The summed E-state index contributed by atoms with van der Waals surface area (Å²) in [6.45, 7) is 6.41. The average Bonchev–Trinajstić information content (AvgIpc) is 2.36. The topological polar surface area (TPSA) is 47.6 Å². The number of carbonyl (C=O) groups excluding carboxylic acids is 1. The molecule has 0 aliphatic carbocycles. The molecule has 0 aliphatic heterocycles. The molecule has 100 valence electrons. The van der Waals surface area contributed by atoms with Gasteiger partial charge in [0, 0.05) is 11.6 Å². The highest BCUT2D eigenvalue weighted by Crippen LogP contribution is 2.25. The van der Waals surface area contributed by atoms with Gasteiger partial charge in [-0.1, -0.05) is 12.1 Å². The van der Waals surface area contributed by atoms with Crippen LogP contribution in [0.2, 0.25) is 0 Å². The van der Waals surface area contributed by atoms with Crippen molar-refractivity contribution in [2.75, 3.05) is 20.3 Å². The monoisotopic (exact) mass is 251 g/mol. The Hall–Kier alpha value is -1.55. The highest BCUT2D eigenvalue weighted by Gasteiger charge is 2.12. The Labute approximate surface area is 108 Å². The number of hydrogen-bond acceptors (Lipinski definition) is 4. The van der Waals surface area contributed by atoms with Crippen molar-refractivity contribution in [3.8, 4) is 5.75 Å². The third-order valence-electron chi connectivity index (χ3n) is 2.71. The lowest BCUT2D eigenvalue weighted by atomic mass is 10.1. The van der Waals surface area contributed by atoms with Gasteiger partial charge < -0.3 is 14.8 Å². The van der Waals surface area contributed by atoms with Crippen LogP contribution in [-0.2, 0) is 9.53 Å². The molecular weight excluding hydrogens is 230 g/mol. The van der Waals surface area contributed by atoms with Crippen molar-refractivity contribution >= 4 is 5.97 Å². The molecule has 0 aliphatic rings. The Morgan fingerprint density at radius 2 is 2.17 bits per heavy atom. The molecule has 0 amide bonds. The lowest BCUT2D eigenvalue weighted by molar-refractivity contribution is -0.142. The Balaban J connectivity index is 2.66. The number of esters is 1. The summed E-state index contributed by atoms with van der Waals surface area (Å²) in [6.07, 6.45) is 0. The number of aryl methyl sites for hydroxylation is 1. The van der Waals surface area contributed by atoms with Crippen LogP contribution < -0.4 is 10.1 Å². The summed E-state index contributed by atoms with van der Waals surface area (Å²) in [6, 6.07) is 6.06. The molecule has 1 aromatic rings. The molecule has 0 bridgehead atoms. The number of methoxy groups -OCH3 is 1. The highest BCUT2D eigenvalue weighted by atomic mass is 16.5. The first-order chi connectivity index (χ1) is 8.58. The Morgan fingerprint density at radius 1 is 1.44 bits per heavy atom. The summed E-state index contributed by atoms with van der Waals surface area (Å²) in [5.74, 6) is 0.592. The average molecular weight is 251 g/mol. The van der Waals surface area contributed by atoms with Crippen LogP contribution in [-0.4, -0.2) is 26.2 Å². The fourth-order valence-electron chi connectivity index (χ4n) is 1.73. The third kappa shape index (κ3) is 4.04. The molecule has 0 spiro atoms. The van der Waals surface area contributed by atoms with Crippen molar-refractivity contribution in [1.29, 1.82) is 0 Å². The molecule has 4 nitrogen and oxygen atoms in total. The van der Waals surface area contributed by atoms with Gasteiger partial charge in [-0.3, -0.25) is 4.79 Å². The summed E-state index contributed by atoms with van der Waals surface area (Å²) in [5, 5.41) is 3.12. The van der Waals surface area contributed by atoms with Gasteiger partial charge in [-0.05, 0) is 32.4 Å². The zero-order valence-corrected chi connectivity index (χ0v) is 11.4. The number of hydrogen-bond donors (Lipinski definition) is 1. The van der Waals surface area contributed by atoms with Gasteiger partial charge in [0.1, 0.15) is 5.75 Å². The van der Waals surface area contributed by atoms with Gasteiger partial charge in [-0.2, -0.15) is 0 Å². The summed E-state index contributed by atoms with van der Waals surface area (Å²) in [4.78, 5) is 11.3. The molecule has 1 N–H and O–H groups in total. The van der Waals surface area contributed by atoms with Gasteiger partial charge in [-0.15, -0.1) is 0 Å². The van der Waals surface area contributed by atoms with E-state index < -0.39 is 0 Å². The zero-order chi connectivity index (χ0) is 13.5. The van der Waals surface area contributed by atoms with Crippen molar-refractivity contribution < 1.29 is 14.3 Å². The standard InChI is InChI=1S/C14H21NO3/c1-5-18-14(16)9-15-11(3)12-7-6-10(2)8-13(12)17-4/h6-8,11,15H,5,9H2,1-4H3. The van der Waals surface area contributed by atoms with Crippen LogP contribution in [0.4, 0.5) is 0 Å². The van der Waals surface area contributed by atoms with Gasteiger partial charge in [0.25, 0.3) is 0 Å². The highest BCUT2D eigenvalue weighted by molar-refractivity contribution is 5.71. The first-order valence-corrected chi connectivity index (χ1v) is 6.12. The van der Waals surface area contributed by atoms with Gasteiger partial charge in [0.15, 0.2) is 0 Å². The first-order valence-electron chi connectivity index (χ1n) is 6.12. The summed E-state index contributed by atoms with van der Waals surface area (Å²) in [5.41, 5.74) is 2.18. The number of benzene rings is 1. The van der Waals surface area contributed by atoms with Crippen molar-refractivity contribution in [3.63, 3.8) is 0 Å². The van der Waals surface area contributed by atoms with E-state index in [0.29, 0.717) is 6.61 Å². The number of ether oxygens (including phenoxy) is 2. The lowest BCUT2D eigenvalue weighted by Crippen LogP contribution is -2.27.